The largest absolute Gasteiger partial charge is 0.508 e. The van der Waals surface area contributed by atoms with Crippen LogP contribution in [0.3, 0.4) is 0 Å². The molecule has 1 saturated heterocycles. The zero-order chi connectivity index (χ0) is 52.3. The number of hydrogen-bond acceptors (Lipinski definition) is 15. The van der Waals surface area contributed by atoms with Gasteiger partial charge in [0.25, 0.3) is 0 Å². The second-order valence-electron chi connectivity index (χ2n) is 17.3. The van der Waals surface area contributed by atoms with Crippen molar-refractivity contribution in [2.24, 2.45) is 17.2 Å². The van der Waals surface area contributed by atoms with Crippen LogP contribution in [0.25, 0.3) is 10.9 Å². The Hall–Kier alpha value is -6.31. The number of rotatable bonds is 17. The highest BCUT2D eigenvalue weighted by molar-refractivity contribution is 8.76. The second-order valence-corrected chi connectivity index (χ2v) is 20.2. The van der Waals surface area contributed by atoms with E-state index in [1.165, 1.54) is 19.1 Å². The number of phenols is 1. The molecule has 0 spiro atoms. The first-order valence-electron chi connectivity index (χ1n) is 23.3. The fraction of sp³-hybridized carbons (Fsp3) is 0.417. The lowest BCUT2D eigenvalue weighted by Gasteiger charge is -2.29. The number of aromatic nitrogens is 1. The van der Waals surface area contributed by atoms with Gasteiger partial charge in [0.2, 0.25) is 47.3 Å². The Labute approximate surface area is 429 Å². The lowest BCUT2D eigenvalue weighted by atomic mass is 10.0. The van der Waals surface area contributed by atoms with Crippen molar-refractivity contribution < 1.29 is 48.6 Å². The Morgan fingerprint density at radius 2 is 1.39 bits per heavy atom. The smallest absolute Gasteiger partial charge is 0.245 e. The van der Waals surface area contributed by atoms with Crippen molar-refractivity contribution >= 4 is 92.4 Å². The molecule has 0 aliphatic carbocycles. The van der Waals surface area contributed by atoms with Crippen LogP contribution in [0.4, 0.5) is 0 Å². The minimum Gasteiger partial charge on any atom is -0.508 e. The number of aliphatic hydroxyl groups is 1. The number of aromatic hydroxyl groups is 1. The van der Waals surface area contributed by atoms with E-state index in [0.717, 1.165) is 38.1 Å². The third kappa shape index (κ3) is 16.9. The van der Waals surface area contributed by atoms with Crippen LogP contribution < -0.4 is 54.4 Å². The van der Waals surface area contributed by atoms with Gasteiger partial charge in [0, 0.05) is 47.2 Å². The first-order chi connectivity index (χ1) is 34.5. The maximum absolute atomic E-state index is 14.7. The van der Waals surface area contributed by atoms with Gasteiger partial charge in [-0.1, -0.05) is 82.3 Å². The zero-order valence-electron chi connectivity index (χ0n) is 39.5. The first kappa shape index (κ1) is 56.6. The number of hydrogen-bond donors (Lipinski definition) is 14. The van der Waals surface area contributed by atoms with Crippen molar-refractivity contribution in [1.82, 2.24) is 42.2 Å². The normalized spacial score (nSPS) is 22.2. The topological polar surface area (TPSA) is 355 Å². The molecule has 0 unspecified atom stereocenters. The van der Waals surface area contributed by atoms with E-state index in [0.29, 0.717) is 24.0 Å². The predicted octanol–water partition coefficient (Wildman–Crippen LogP) is -1.06. The number of benzene rings is 3. The summed E-state index contributed by atoms with van der Waals surface area (Å²) in [6.07, 6.45) is 0.759. The van der Waals surface area contributed by atoms with E-state index < -0.39 is 102 Å². The Morgan fingerprint density at radius 3 is 2.06 bits per heavy atom. The number of carbonyl (C=O) groups is 8. The van der Waals surface area contributed by atoms with Crippen LogP contribution in [-0.4, -0.2) is 141 Å². The first-order valence-corrected chi connectivity index (χ1v) is 26.4. The Kier molecular flexibility index (Phi) is 22.1. The number of phenolic OH excluding ortho intramolecular Hbond substituents is 1. The molecule has 1 aliphatic heterocycles. The summed E-state index contributed by atoms with van der Waals surface area (Å²) in [5.74, 6) is -7.52. The highest BCUT2D eigenvalue weighted by Crippen LogP contribution is 2.24. The molecule has 24 heteroatoms. The summed E-state index contributed by atoms with van der Waals surface area (Å²) in [6.45, 7) is 1.49. The molecular formula is C48H63N11O10S3. The Bertz CT molecular complexity index is 2500. The minimum absolute atomic E-state index is 0.00938. The highest BCUT2D eigenvalue weighted by Gasteiger charge is 2.36. The third-order valence-electron chi connectivity index (χ3n) is 11.7. The van der Waals surface area contributed by atoms with Crippen molar-refractivity contribution in [3.05, 3.63) is 102 Å². The number of H-pyrrole nitrogens is 1. The van der Waals surface area contributed by atoms with Crippen LogP contribution in [0, 0.1) is 0 Å². The van der Waals surface area contributed by atoms with Gasteiger partial charge in [0.1, 0.15) is 48.0 Å². The summed E-state index contributed by atoms with van der Waals surface area (Å²) in [5, 5.41) is 40.2. The highest BCUT2D eigenvalue weighted by atomic mass is 33.1. The van der Waals surface area contributed by atoms with Gasteiger partial charge in [0.05, 0.1) is 12.1 Å². The monoisotopic (exact) mass is 1050 g/mol. The van der Waals surface area contributed by atoms with Crippen LogP contribution in [0.5, 0.6) is 5.75 Å². The Morgan fingerprint density at radius 1 is 0.764 bits per heavy atom. The molecule has 4 aromatic rings. The molecule has 1 aromatic heterocycles. The number of para-hydroxylation sites is 1. The standard InChI is InChI=1S/C48H63N11O10S3/c1-26(60)40-48(69)58-39(47(68)56-37(23-70)41(51)62)25-72-71-24-38(57-42(63)32(50)19-27-9-3-2-4-10-27)46(67)54-35(20-28-14-16-30(61)17-15-28)44(65)55-36(21-29-22-52-33-12-6-5-11-31(29)33)45(66)53-34(43(64)59-40)13-7-8-18-49/h2-6,9-12,14-17,22,26,32,34-40,52,60-61,70H,7-8,13,18-21,23-25,49-50H2,1H3,(H2,51,62)(H,53,66)(H,54,67)(H,55,65)(H,56,68)(H,57,63)(H,58,69)(H,59,64)/t26-,32-,34+,35+,36-,37+,38+,39+,40+/m1/s1. The van der Waals surface area contributed by atoms with Crippen molar-refractivity contribution in [2.75, 3.05) is 23.8 Å². The molecule has 1 fully saturated rings. The predicted molar refractivity (Wildman–Crippen MR) is 278 cm³/mol. The summed E-state index contributed by atoms with van der Waals surface area (Å²) < 4.78 is 0. The average molecular weight is 1050 g/mol. The molecule has 72 heavy (non-hydrogen) atoms. The number of nitrogens with one attached hydrogen (secondary N) is 8. The van der Waals surface area contributed by atoms with Gasteiger partial charge in [0.15, 0.2) is 0 Å². The molecule has 2 heterocycles. The summed E-state index contributed by atoms with van der Waals surface area (Å²) in [6, 6.07) is 11.1. The van der Waals surface area contributed by atoms with Crippen molar-refractivity contribution in [1.29, 1.82) is 0 Å². The maximum Gasteiger partial charge on any atom is 0.245 e. The van der Waals surface area contributed by atoms with Gasteiger partial charge in [-0.2, -0.15) is 12.6 Å². The van der Waals surface area contributed by atoms with Crippen molar-refractivity contribution in [3.8, 4) is 5.75 Å². The van der Waals surface area contributed by atoms with E-state index in [1.54, 1.807) is 48.7 Å². The Balaban J connectivity index is 1.58. The summed E-state index contributed by atoms with van der Waals surface area (Å²) in [5.41, 5.74) is 20.2. The molecule has 0 bridgehead atoms. The third-order valence-corrected chi connectivity index (χ3v) is 14.5. The van der Waals surface area contributed by atoms with Crippen molar-refractivity contribution in [3.63, 3.8) is 0 Å². The molecule has 3 aromatic carbocycles. The number of aliphatic hydroxyl groups excluding tert-OH is 1. The number of amides is 8. The fourth-order valence-electron chi connectivity index (χ4n) is 7.62. The molecule has 8 amide bonds. The lowest BCUT2D eigenvalue weighted by molar-refractivity contribution is -0.136. The van der Waals surface area contributed by atoms with Gasteiger partial charge >= 0.3 is 0 Å². The van der Waals surface area contributed by atoms with Crippen LogP contribution in [-0.2, 0) is 57.6 Å². The van der Waals surface area contributed by atoms with Gasteiger partial charge in [-0.3, -0.25) is 38.4 Å². The average Bonchev–Trinajstić information content (AvgIpc) is 3.77. The van der Waals surface area contributed by atoms with Crippen LogP contribution in [0.2, 0.25) is 0 Å². The molecule has 21 nitrogen and oxygen atoms in total. The van der Waals surface area contributed by atoms with Crippen molar-refractivity contribution in [2.45, 2.75) is 99.9 Å². The quantitative estimate of drug-likeness (QED) is 0.0341. The van der Waals surface area contributed by atoms with Gasteiger partial charge in [-0.15, -0.1) is 0 Å². The molecule has 16 N–H and O–H groups in total. The molecule has 388 valence electrons. The summed E-state index contributed by atoms with van der Waals surface area (Å²) >= 11 is 4.10. The number of aromatic amines is 1. The van der Waals surface area contributed by atoms with Crippen LogP contribution in [0.15, 0.2) is 85.1 Å². The van der Waals surface area contributed by atoms with E-state index >= 15 is 0 Å². The number of carbonyl (C=O) groups excluding carboxylic acids is 8. The number of thiol groups is 1. The molecule has 9 atom stereocenters. The molecular weight excluding hydrogens is 987 g/mol. The molecule has 0 radical (unpaired) electrons. The maximum atomic E-state index is 14.7. The second kappa shape index (κ2) is 28.1. The lowest BCUT2D eigenvalue weighted by Crippen LogP contribution is -2.62. The van der Waals surface area contributed by atoms with E-state index in [-0.39, 0.29) is 55.2 Å². The summed E-state index contributed by atoms with van der Waals surface area (Å²) in [4.78, 5) is 115. The van der Waals surface area contributed by atoms with E-state index in [4.69, 9.17) is 17.2 Å². The van der Waals surface area contributed by atoms with Gasteiger partial charge in [-0.25, -0.2) is 0 Å². The van der Waals surface area contributed by atoms with E-state index in [9.17, 15) is 48.6 Å². The number of fused-ring (bicyclic) bond motifs is 1. The minimum atomic E-state index is -1.69. The molecule has 5 rings (SSSR count). The fourth-order valence-corrected chi connectivity index (χ4v) is 10.2. The van der Waals surface area contributed by atoms with E-state index in [1.807, 2.05) is 24.3 Å². The van der Waals surface area contributed by atoms with E-state index in [2.05, 4.69) is 54.8 Å². The van der Waals surface area contributed by atoms with Crippen LogP contribution in [0.1, 0.15) is 42.9 Å². The molecule has 0 saturated carbocycles. The molecule has 1 aliphatic rings. The zero-order valence-corrected chi connectivity index (χ0v) is 42.0. The number of unbranched alkanes of at least 4 members (excludes halogenated alkanes) is 1. The number of nitrogens with two attached hydrogens (primary N) is 3. The van der Waals surface area contributed by atoms with Gasteiger partial charge < -0.3 is 69.6 Å². The SMILES string of the molecule is C[C@@H](O)[C@@H]1NC(=O)[C@H](CCCCN)NC(=O)[C@@H](Cc2c[nH]c3ccccc23)NC(=O)[C@H](Cc2ccc(O)cc2)NC(=O)[C@@H](NC(=O)[C@H](N)Cc2ccccc2)CSSC[C@@H](C(=O)N[C@@H](CS)C(N)=O)NC1=O. The summed E-state index contributed by atoms with van der Waals surface area (Å²) in [7, 11) is 1.99. The number of primary amides is 1. The van der Waals surface area contributed by atoms with Gasteiger partial charge in [-0.05, 0) is 74.0 Å². The van der Waals surface area contributed by atoms with Crippen LogP contribution >= 0.6 is 34.2 Å².